The van der Waals surface area contributed by atoms with E-state index in [1.807, 2.05) is 0 Å². The van der Waals surface area contributed by atoms with E-state index >= 15 is 0 Å². The van der Waals surface area contributed by atoms with Gasteiger partial charge < -0.3 is 14.8 Å². The van der Waals surface area contributed by atoms with E-state index in [1.54, 1.807) is 0 Å². The minimum Gasteiger partial charge on any atom is -0.378 e. The van der Waals surface area contributed by atoms with Crippen molar-refractivity contribution in [3.05, 3.63) is 0 Å². The van der Waals surface area contributed by atoms with Crippen LogP contribution >= 0.6 is 0 Å². The van der Waals surface area contributed by atoms with Gasteiger partial charge in [0.15, 0.2) is 0 Å². The van der Waals surface area contributed by atoms with E-state index in [0.29, 0.717) is 12.1 Å². The molecule has 104 valence electrons. The zero-order chi connectivity index (χ0) is 12.4. The van der Waals surface area contributed by atoms with Crippen LogP contribution < -0.4 is 5.32 Å². The van der Waals surface area contributed by atoms with Gasteiger partial charge in [-0.2, -0.15) is 0 Å². The van der Waals surface area contributed by atoms with Gasteiger partial charge in [0.1, 0.15) is 0 Å². The van der Waals surface area contributed by atoms with Crippen molar-refractivity contribution in [3.63, 3.8) is 0 Å². The Bertz CT molecular complexity index is 307. The highest BCUT2D eigenvalue weighted by Crippen LogP contribution is 2.33. The minimum atomic E-state index is -0.561. The van der Waals surface area contributed by atoms with Crippen molar-refractivity contribution in [2.45, 2.75) is 49.8 Å². The molecule has 18 heavy (non-hydrogen) atoms. The first kappa shape index (κ1) is 13.0. The summed E-state index contributed by atoms with van der Waals surface area (Å²) < 4.78 is 22.8. The van der Waals surface area contributed by atoms with Crippen LogP contribution in [-0.4, -0.2) is 53.2 Å². The van der Waals surface area contributed by atoms with Crippen LogP contribution in [0.25, 0.3) is 0 Å². The van der Waals surface area contributed by atoms with E-state index in [2.05, 4.69) is 5.32 Å². The van der Waals surface area contributed by atoms with Gasteiger partial charge in [0, 0.05) is 54.0 Å². The first-order chi connectivity index (χ1) is 8.76. The maximum absolute atomic E-state index is 11.4. The Hall–Kier alpha value is 0.0300. The lowest BCUT2D eigenvalue weighted by atomic mass is 9.89. The summed E-state index contributed by atoms with van der Waals surface area (Å²) in [6, 6.07) is 1.11. The molecule has 4 nitrogen and oxygen atoms in total. The van der Waals surface area contributed by atoms with Crippen LogP contribution in [0.15, 0.2) is 0 Å². The molecule has 0 aromatic heterocycles. The van der Waals surface area contributed by atoms with Gasteiger partial charge in [-0.1, -0.05) is 0 Å². The van der Waals surface area contributed by atoms with Crippen molar-refractivity contribution in [3.8, 4) is 0 Å². The van der Waals surface area contributed by atoms with Gasteiger partial charge in [0.25, 0.3) is 0 Å². The van der Waals surface area contributed by atoms with Gasteiger partial charge in [-0.15, -0.1) is 0 Å². The molecule has 0 aromatic rings. The molecular formula is C13H23NO3S. The summed E-state index contributed by atoms with van der Waals surface area (Å²) in [6.45, 7) is 2.45. The first-order valence-corrected chi connectivity index (χ1v) is 8.57. The van der Waals surface area contributed by atoms with Gasteiger partial charge in [0.05, 0.1) is 12.2 Å². The topological polar surface area (TPSA) is 47.6 Å². The van der Waals surface area contributed by atoms with Crippen molar-refractivity contribution in [2.24, 2.45) is 0 Å². The lowest BCUT2D eigenvalue weighted by Crippen LogP contribution is -2.51. The molecule has 5 heteroatoms. The lowest BCUT2D eigenvalue weighted by molar-refractivity contribution is -0.0904. The molecule has 3 fully saturated rings. The van der Waals surface area contributed by atoms with Crippen LogP contribution in [0.1, 0.15) is 32.1 Å². The van der Waals surface area contributed by atoms with Gasteiger partial charge >= 0.3 is 0 Å². The fraction of sp³-hybridized carbons (Fsp3) is 1.00. The van der Waals surface area contributed by atoms with E-state index < -0.39 is 10.8 Å². The summed E-state index contributed by atoms with van der Waals surface area (Å²) in [5, 5.41) is 3.76. The fourth-order valence-electron chi connectivity index (χ4n) is 3.33. The molecule has 0 aromatic carbocycles. The predicted molar refractivity (Wildman–Crippen MR) is 71.2 cm³/mol. The highest BCUT2D eigenvalue weighted by molar-refractivity contribution is 7.85. The molecule has 2 atom stereocenters. The number of nitrogens with one attached hydrogen (secondary N) is 1. The summed E-state index contributed by atoms with van der Waals surface area (Å²) in [4.78, 5) is 0. The zero-order valence-corrected chi connectivity index (χ0v) is 11.7. The Morgan fingerprint density at radius 2 is 1.94 bits per heavy atom. The Labute approximate surface area is 111 Å². The lowest BCUT2D eigenvalue weighted by Gasteiger charge is -2.39. The largest absolute Gasteiger partial charge is 0.378 e. The van der Waals surface area contributed by atoms with Crippen LogP contribution in [-0.2, 0) is 20.3 Å². The highest BCUT2D eigenvalue weighted by atomic mass is 32.2. The third kappa shape index (κ3) is 2.95. The number of rotatable bonds is 2. The molecule has 2 unspecified atom stereocenters. The summed E-state index contributed by atoms with van der Waals surface area (Å²) in [6.07, 6.45) is 5.34. The van der Waals surface area contributed by atoms with E-state index in [-0.39, 0.29) is 5.60 Å². The molecule has 3 heterocycles. The molecule has 0 aliphatic carbocycles. The quantitative estimate of drug-likeness (QED) is 0.809. The second-order valence-electron chi connectivity index (χ2n) is 5.81. The van der Waals surface area contributed by atoms with Gasteiger partial charge in [0.2, 0.25) is 0 Å². The average Bonchev–Trinajstić information content (AvgIpc) is 2.80. The van der Waals surface area contributed by atoms with Crippen molar-refractivity contribution >= 4 is 10.8 Å². The maximum atomic E-state index is 11.4. The van der Waals surface area contributed by atoms with Crippen molar-refractivity contribution in [1.82, 2.24) is 5.32 Å². The smallest absolute Gasteiger partial charge is 0.0951 e. The molecule has 3 saturated heterocycles. The Balaban J connectivity index is 1.51. The van der Waals surface area contributed by atoms with E-state index in [4.69, 9.17) is 9.47 Å². The summed E-state index contributed by atoms with van der Waals surface area (Å²) in [5.41, 5.74) is -0.00654. The van der Waals surface area contributed by atoms with Gasteiger partial charge in [-0.25, -0.2) is 0 Å². The van der Waals surface area contributed by atoms with Gasteiger partial charge in [-0.3, -0.25) is 4.21 Å². The standard InChI is InChI=1S/C13H23NO3S/c15-18-7-2-11(3-8-18)14-12-1-5-17-13(9-12)4-6-16-10-13/h11-12,14H,1-10H2. The molecule has 0 bridgehead atoms. The molecule has 1 N–H and O–H groups in total. The number of hydrogen-bond donors (Lipinski definition) is 1. The molecule has 0 amide bonds. The molecule has 1 spiro atoms. The Morgan fingerprint density at radius 1 is 1.11 bits per heavy atom. The van der Waals surface area contributed by atoms with Crippen LogP contribution in [0.3, 0.4) is 0 Å². The SMILES string of the molecule is O=S1CCC(NC2CCOC3(CCOC3)C2)CC1. The summed E-state index contributed by atoms with van der Waals surface area (Å²) in [5.74, 6) is 1.74. The number of ether oxygens (including phenoxy) is 2. The second-order valence-corrected chi connectivity index (χ2v) is 7.51. The van der Waals surface area contributed by atoms with E-state index in [0.717, 1.165) is 63.4 Å². The highest BCUT2D eigenvalue weighted by Gasteiger charge is 2.41. The van der Waals surface area contributed by atoms with Crippen LogP contribution in [0.4, 0.5) is 0 Å². The monoisotopic (exact) mass is 273 g/mol. The number of hydrogen-bond acceptors (Lipinski definition) is 4. The normalized spacial score (nSPS) is 45.4. The Kier molecular flexibility index (Phi) is 4.03. The van der Waals surface area contributed by atoms with Crippen LogP contribution in [0.5, 0.6) is 0 Å². The van der Waals surface area contributed by atoms with Crippen molar-refractivity contribution in [1.29, 1.82) is 0 Å². The van der Waals surface area contributed by atoms with Crippen LogP contribution in [0.2, 0.25) is 0 Å². The molecule has 3 rings (SSSR count). The van der Waals surface area contributed by atoms with Crippen molar-refractivity contribution < 1.29 is 13.7 Å². The third-order valence-electron chi connectivity index (χ3n) is 4.42. The summed E-state index contributed by atoms with van der Waals surface area (Å²) >= 11 is 0. The third-order valence-corrected chi connectivity index (χ3v) is 5.80. The molecular weight excluding hydrogens is 250 g/mol. The average molecular weight is 273 g/mol. The van der Waals surface area contributed by atoms with E-state index in [9.17, 15) is 4.21 Å². The second kappa shape index (κ2) is 5.57. The maximum Gasteiger partial charge on any atom is 0.0951 e. The zero-order valence-electron chi connectivity index (χ0n) is 10.9. The predicted octanol–water partition coefficient (Wildman–Crippen LogP) is 0.825. The first-order valence-electron chi connectivity index (χ1n) is 7.09. The fourth-order valence-corrected chi connectivity index (χ4v) is 4.63. The molecule has 3 aliphatic heterocycles. The molecule has 0 radical (unpaired) electrons. The summed E-state index contributed by atoms with van der Waals surface area (Å²) in [7, 11) is -0.561. The van der Waals surface area contributed by atoms with E-state index in [1.165, 1.54) is 0 Å². The minimum absolute atomic E-state index is 0.00654. The van der Waals surface area contributed by atoms with Gasteiger partial charge in [-0.05, 0) is 25.7 Å². The Morgan fingerprint density at radius 3 is 2.67 bits per heavy atom. The van der Waals surface area contributed by atoms with Crippen LogP contribution in [0, 0.1) is 0 Å². The molecule has 0 saturated carbocycles. The molecule has 3 aliphatic rings. The van der Waals surface area contributed by atoms with Crippen molar-refractivity contribution in [2.75, 3.05) is 31.3 Å².